The monoisotopic (exact) mass is 316 g/mol. The first-order chi connectivity index (χ1) is 8.58. The van der Waals surface area contributed by atoms with Crippen molar-refractivity contribution >= 4 is 27.7 Å². The number of ether oxygens (including phenoxy) is 1. The lowest BCUT2D eigenvalue weighted by Gasteiger charge is -2.06. The quantitative estimate of drug-likeness (QED) is 0.726. The maximum absolute atomic E-state index is 11.2. The summed E-state index contributed by atoms with van der Waals surface area (Å²) >= 11 is 3.30. The van der Waals surface area contributed by atoms with E-state index in [0.717, 1.165) is 4.47 Å². The fourth-order valence-corrected chi connectivity index (χ4v) is 1.30. The Morgan fingerprint density at radius 1 is 1.28 bits per heavy atom. The van der Waals surface area contributed by atoms with Gasteiger partial charge in [0.15, 0.2) is 6.61 Å². The Morgan fingerprint density at radius 3 is 2.56 bits per heavy atom. The van der Waals surface area contributed by atoms with Crippen molar-refractivity contribution in [3.05, 3.63) is 28.7 Å². The van der Waals surface area contributed by atoms with Gasteiger partial charge in [0.25, 0.3) is 0 Å². The summed E-state index contributed by atoms with van der Waals surface area (Å²) < 4.78 is 6.28. The van der Waals surface area contributed by atoms with Crippen LogP contribution in [0, 0.1) is 0 Å². The highest BCUT2D eigenvalue weighted by molar-refractivity contribution is 9.10. The number of benzene rings is 1. The van der Waals surface area contributed by atoms with Crippen LogP contribution in [0.25, 0.3) is 0 Å². The molecule has 0 saturated heterocycles. The summed E-state index contributed by atoms with van der Waals surface area (Å²) in [5, 5.41) is 0. The SMILES string of the molecule is NC(=O)CONC(=O)CCOc1ccc(Br)cc1. The molecule has 0 aliphatic heterocycles. The molecule has 1 aromatic rings. The lowest BCUT2D eigenvalue weighted by molar-refractivity contribution is -0.138. The highest BCUT2D eigenvalue weighted by atomic mass is 79.9. The zero-order valence-corrected chi connectivity index (χ0v) is 11.1. The highest BCUT2D eigenvalue weighted by Crippen LogP contribution is 2.15. The number of carbonyl (C=O) groups excluding carboxylic acids is 2. The van der Waals surface area contributed by atoms with Crippen LogP contribution in [-0.4, -0.2) is 25.0 Å². The minimum Gasteiger partial charge on any atom is -0.493 e. The third-order valence-corrected chi connectivity index (χ3v) is 2.34. The molecule has 1 rings (SSSR count). The molecule has 6 nitrogen and oxygen atoms in total. The first kappa shape index (κ1) is 14.5. The summed E-state index contributed by atoms with van der Waals surface area (Å²) in [5.74, 6) is -0.362. The second kappa shape index (κ2) is 7.67. The van der Waals surface area contributed by atoms with Gasteiger partial charge in [-0.1, -0.05) is 15.9 Å². The topological polar surface area (TPSA) is 90.7 Å². The number of halogens is 1. The van der Waals surface area contributed by atoms with Crippen LogP contribution in [0.2, 0.25) is 0 Å². The Hall–Kier alpha value is -1.60. The smallest absolute Gasteiger partial charge is 0.246 e. The third-order valence-electron chi connectivity index (χ3n) is 1.81. The molecule has 0 radical (unpaired) electrons. The number of carbonyl (C=O) groups is 2. The molecule has 0 saturated carbocycles. The van der Waals surface area contributed by atoms with Gasteiger partial charge in [0.1, 0.15) is 5.75 Å². The zero-order chi connectivity index (χ0) is 13.4. The summed E-state index contributed by atoms with van der Waals surface area (Å²) in [4.78, 5) is 26.1. The van der Waals surface area contributed by atoms with Gasteiger partial charge >= 0.3 is 0 Å². The molecule has 7 heteroatoms. The second-order valence-electron chi connectivity index (χ2n) is 3.33. The number of hydrogen-bond donors (Lipinski definition) is 2. The van der Waals surface area contributed by atoms with Crippen molar-refractivity contribution < 1.29 is 19.2 Å². The molecule has 3 N–H and O–H groups in total. The molecule has 0 fully saturated rings. The fourth-order valence-electron chi connectivity index (χ4n) is 1.03. The maximum atomic E-state index is 11.2. The zero-order valence-electron chi connectivity index (χ0n) is 9.52. The largest absolute Gasteiger partial charge is 0.493 e. The van der Waals surface area contributed by atoms with E-state index < -0.39 is 5.91 Å². The predicted octanol–water partition coefficient (Wildman–Crippen LogP) is 0.751. The van der Waals surface area contributed by atoms with Gasteiger partial charge in [-0.15, -0.1) is 0 Å². The molecule has 0 aliphatic rings. The van der Waals surface area contributed by atoms with E-state index in [0.29, 0.717) is 5.75 Å². The van der Waals surface area contributed by atoms with Gasteiger partial charge in [-0.3, -0.25) is 14.4 Å². The number of amides is 2. The summed E-state index contributed by atoms with van der Waals surface area (Å²) in [6.07, 6.45) is 0.120. The van der Waals surface area contributed by atoms with Crippen LogP contribution in [-0.2, 0) is 14.4 Å². The molecule has 0 unspecified atom stereocenters. The number of rotatable bonds is 7. The van der Waals surface area contributed by atoms with Gasteiger partial charge in [-0.2, -0.15) is 0 Å². The van der Waals surface area contributed by atoms with E-state index in [2.05, 4.69) is 26.2 Å². The fraction of sp³-hybridized carbons (Fsp3) is 0.273. The number of hydrogen-bond acceptors (Lipinski definition) is 4. The van der Waals surface area contributed by atoms with Crippen LogP contribution in [0.3, 0.4) is 0 Å². The van der Waals surface area contributed by atoms with Crippen LogP contribution in [0.5, 0.6) is 5.75 Å². The molecule has 1 aromatic carbocycles. The molecule has 2 amide bonds. The first-order valence-electron chi connectivity index (χ1n) is 5.15. The summed E-state index contributed by atoms with van der Waals surface area (Å²) in [6.45, 7) is -0.132. The number of primary amides is 1. The average Bonchev–Trinajstić information content (AvgIpc) is 2.31. The van der Waals surface area contributed by atoms with Gasteiger partial charge in [0.2, 0.25) is 11.8 Å². The van der Waals surface area contributed by atoms with E-state index >= 15 is 0 Å². The van der Waals surface area contributed by atoms with Gasteiger partial charge in [0, 0.05) is 4.47 Å². The Bertz CT molecular complexity index is 408. The molecular formula is C11H13BrN2O4. The molecule has 0 aromatic heterocycles. The Labute approximate surface area is 113 Å². The average molecular weight is 317 g/mol. The van der Waals surface area contributed by atoms with Crippen LogP contribution < -0.4 is 16.0 Å². The van der Waals surface area contributed by atoms with Crippen LogP contribution >= 0.6 is 15.9 Å². The van der Waals surface area contributed by atoms with Crippen LogP contribution in [0.4, 0.5) is 0 Å². The normalized spacial score (nSPS) is 9.83. The van der Waals surface area contributed by atoms with Crippen LogP contribution in [0.1, 0.15) is 6.42 Å². The van der Waals surface area contributed by atoms with Gasteiger partial charge in [-0.25, -0.2) is 5.48 Å². The highest BCUT2D eigenvalue weighted by Gasteiger charge is 2.03. The van der Waals surface area contributed by atoms with Crippen molar-refractivity contribution in [2.45, 2.75) is 6.42 Å². The van der Waals surface area contributed by atoms with Crippen molar-refractivity contribution in [3.63, 3.8) is 0 Å². The van der Waals surface area contributed by atoms with E-state index in [1.54, 1.807) is 12.1 Å². The van der Waals surface area contributed by atoms with Crippen molar-refractivity contribution in [3.8, 4) is 5.75 Å². The van der Waals surface area contributed by atoms with E-state index in [9.17, 15) is 9.59 Å². The van der Waals surface area contributed by atoms with E-state index in [4.69, 9.17) is 10.5 Å². The molecule has 0 atom stereocenters. The van der Waals surface area contributed by atoms with Crippen molar-refractivity contribution in [1.29, 1.82) is 0 Å². The standard InChI is InChI=1S/C11H13BrN2O4/c12-8-1-3-9(4-2-8)17-6-5-11(16)14-18-7-10(13)15/h1-4H,5-7H2,(H2,13,15)(H,14,16). The third kappa shape index (κ3) is 6.21. The van der Waals surface area contributed by atoms with E-state index in [1.807, 2.05) is 12.1 Å². The van der Waals surface area contributed by atoms with Crippen molar-refractivity contribution in [1.82, 2.24) is 5.48 Å². The van der Waals surface area contributed by atoms with Crippen LogP contribution in [0.15, 0.2) is 28.7 Å². The molecule has 0 spiro atoms. The van der Waals surface area contributed by atoms with Crippen molar-refractivity contribution in [2.75, 3.05) is 13.2 Å². The minimum absolute atomic E-state index is 0.120. The first-order valence-corrected chi connectivity index (χ1v) is 5.94. The minimum atomic E-state index is -0.651. The number of nitrogens with one attached hydrogen (secondary N) is 1. The van der Waals surface area contributed by atoms with Gasteiger partial charge in [-0.05, 0) is 24.3 Å². The Balaban J connectivity index is 2.15. The van der Waals surface area contributed by atoms with Gasteiger partial charge in [0.05, 0.1) is 13.0 Å². The van der Waals surface area contributed by atoms with E-state index in [1.165, 1.54) is 0 Å². The van der Waals surface area contributed by atoms with Crippen molar-refractivity contribution in [2.24, 2.45) is 5.73 Å². The lowest BCUT2D eigenvalue weighted by atomic mass is 10.3. The van der Waals surface area contributed by atoms with Gasteiger partial charge < -0.3 is 10.5 Å². The summed E-state index contributed by atoms with van der Waals surface area (Å²) in [7, 11) is 0. The molecule has 98 valence electrons. The summed E-state index contributed by atoms with van der Waals surface area (Å²) in [5.41, 5.74) is 6.91. The maximum Gasteiger partial charge on any atom is 0.246 e. The number of nitrogens with two attached hydrogens (primary N) is 1. The molecule has 18 heavy (non-hydrogen) atoms. The molecule has 0 aliphatic carbocycles. The lowest BCUT2D eigenvalue weighted by Crippen LogP contribution is -2.30. The Kier molecular flexibility index (Phi) is 6.16. The predicted molar refractivity (Wildman–Crippen MR) is 67.5 cm³/mol. The second-order valence-corrected chi connectivity index (χ2v) is 4.25. The summed E-state index contributed by atoms with van der Waals surface area (Å²) in [6, 6.07) is 7.24. The molecule has 0 bridgehead atoms. The molecule has 0 heterocycles. The molecular weight excluding hydrogens is 304 g/mol. The van der Waals surface area contributed by atoms with E-state index in [-0.39, 0.29) is 25.5 Å². The Morgan fingerprint density at radius 2 is 1.94 bits per heavy atom. The number of hydroxylamine groups is 1.